The van der Waals surface area contributed by atoms with Gasteiger partial charge in [0.15, 0.2) is 0 Å². The molecule has 0 nitrogen and oxygen atoms in total. The molecule has 0 unspecified atom stereocenters. The van der Waals surface area contributed by atoms with E-state index in [2.05, 4.69) is 64.3 Å². The molecule has 0 amide bonds. The molecular formula is C20H24. The highest BCUT2D eigenvalue weighted by atomic mass is 14.0. The van der Waals surface area contributed by atoms with Crippen LogP contribution in [0.4, 0.5) is 0 Å². The maximum atomic E-state index is 3.77. The van der Waals surface area contributed by atoms with Crippen molar-refractivity contribution in [2.45, 2.75) is 27.2 Å². The molecule has 0 heteroatoms. The second-order valence-corrected chi connectivity index (χ2v) is 4.82. The first-order valence-electron chi connectivity index (χ1n) is 7.02. The summed E-state index contributed by atoms with van der Waals surface area (Å²) < 4.78 is 0. The molecule has 104 valence electrons. The molecule has 0 atom stereocenters. The maximum Gasteiger partial charge on any atom is -0.0230 e. The van der Waals surface area contributed by atoms with Crippen LogP contribution >= 0.6 is 0 Å². The Labute approximate surface area is 123 Å². The highest BCUT2D eigenvalue weighted by Crippen LogP contribution is 2.13. The Bertz CT molecular complexity index is 576. The van der Waals surface area contributed by atoms with Crippen molar-refractivity contribution < 1.29 is 0 Å². The lowest BCUT2D eigenvalue weighted by atomic mass is 10.0. The van der Waals surface area contributed by atoms with Gasteiger partial charge in [0.05, 0.1) is 0 Å². The summed E-state index contributed by atoms with van der Waals surface area (Å²) in [5, 5.41) is 0. The van der Waals surface area contributed by atoms with E-state index in [0.717, 1.165) is 6.42 Å². The maximum absolute atomic E-state index is 3.77. The molecule has 0 N–H and O–H groups in total. The van der Waals surface area contributed by atoms with E-state index in [9.17, 15) is 0 Å². The van der Waals surface area contributed by atoms with Gasteiger partial charge in [0, 0.05) is 0 Å². The quantitative estimate of drug-likeness (QED) is 0.653. The first-order chi connectivity index (χ1) is 9.62. The molecule has 0 aliphatic heterocycles. The lowest BCUT2D eigenvalue weighted by Crippen LogP contribution is -1.86. The minimum atomic E-state index is 1.09. The van der Waals surface area contributed by atoms with E-state index in [0.29, 0.717) is 0 Å². The van der Waals surface area contributed by atoms with Crippen LogP contribution in [0, 0.1) is 13.8 Å². The summed E-state index contributed by atoms with van der Waals surface area (Å²) in [6.07, 6.45) is 4.87. The van der Waals surface area contributed by atoms with Crippen LogP contribution in [0.25, 0.3) is 12.2 Å². The molecule has 20 heavy (non-hydrogen) atoms. The summed E-state index contributed by atoms with van der Waals surface area (Å²) >= 11 is 0. The van der Waals surface area contributed by atoms with E-state index in [1.165, 1.54) is 27.8 Å². The molecule has 2 aromatic rings. The van der Waals surface area contributed by atoms with Gasteiger partial charge in [-0.05, 0) is 42.5 Å². The van der Waals surface area contributed by atoms with Gasteiger partial charge in [-0.15, -0.1) is 0 Å². The Hall–Kier alpha value is -2.08. The van der Waals surface area contributed by atoms with Gasteiger partial charge in [-0.2, -0.15) is 0 Å². The third kappa shape index (κ3) is 4.55. The molecule has 0 saturated carbocycles. The molecule has 0 spiro atoms. The Morgan fingerprint density at radius 1 is 0.900 bits per heavy atom. The zero-order chi connectivity index (χ0) is 15.0. The van der Waals surface area contributed by atoms with Gasteiger partial charge >= 0.3 is 0 Å². The van der Waals surface area contributed by atoms with Gasteiger partial charge in [0.25, 0.3) is 0 Å². The topological polar surface area (TPSA) is 0 Å². The van der Waals surface area contributed by atoms with Crippen LogP contribution in [0.5, 0.6) is 0 Å². The largest absolute Gasteiger partial charge is 0.0985 e. The number of hydrogen-bond donors (Lipinski definition) is 0. The van der Waals surface area contributed by atoms with Crippen molar-refractivity contribution in [3.05, 3.63) is 83.4 Å². The summed E-state index contributed by atoms with van der Waals surface area (Å²) in [5.74, 6) is 0. The van der Waals surface area contributed by atoms with Crippen molar-refractivity contribution in [2.24, 2.45) is 0 Å². The van der Waals surface area contributed by atoms with E-state index < -0.39 is 0 Å². The van der Waals surface area contributed by atoms with Crippen molar-refractivity contribution in [3.63, 3.8) is 0 Å². The minimum Gasteiger partial charge on any atom is -0.0985 e. The smallest absolute Gasteiger partial charge is 0.0230 e. The van der Waals surface area contributed by atoms with Gasteiger partial charge in [-0.1, -0.05) is 80.3 Å². The fourth-order valence-electron chi connectivity index (χ4n) is 2.06. The van der Waals surface area contributed by atoms with Gasteiger partial charge in [-0.3, -0.25) is 0 Å². The second-order valence-electron chi connectivity index (χ2n) is 4.82. The molecule has 0 heterocycles. The summed E-state index contributed by atoms with van der Waals surface area (Å²) in [4.78, 5) is 0. The molecule has 0 bridgehead atoms. The van der Waals surface area contributed by atoms with Crippen LogP contribution < -0.4 is 0 Å². The Balaban J connectivity index is 0.000000204. The Morgan fingerprint density at radius 2 is 1.55 bits per heavy atom. The predicted molar refractivity (Wildman–Crippen MR) is 91.9 cm³/mol. The number of rotatable bonds is 3. The van der Waals surface area contributed by atoms with Crippen molar-refractivity contribution in [1.29, 1.82) is 0 Å². The van der Waals surface area contributed by atoms with Crippen molar-refractivity contribution in [3.8, 4) is 0 Å². The Morgan fingerprint density at radius 3 is 2.05 bits per heavy atom. The minimum absolute atomic E-state index is 1.09. The van der Waals surface area contributed by atoms with Crippen LogP contribution in [0.2, 0.25) is 0 Å². The molecule has 0 aromatic heterocycles. The zero-order valence-electron chi connectivity index (χ0n) is 12.8. The monoisotopic (exact) mass is 264 g/mol. The predicted octanol–water partition coefficient (Wildman–Crippen LogP) is 5.84. The number of hydrogen-bond acceptors (Lipinski definition) is 0. The molecule has 0 radical (unpaired) electrons. The summed E-state index contributed by atoms with van der Waals surface area (Å²) in [6, 6.07) is 14.7. The standard InChI is InChI=1S/C11H14.C9H10/c1-4-10-7-6-9(3)8-11(10)5-2;1-3-9-7-5-4-6-8(9)2/h4,6-8H,1,5H2,2-3H3;3-7H,1H2,2H3. The zero-order valence-corrected chi connectivity index (χ0v) is 12.8. The molecular weight excluding hydrogens is 240 g/mol. The third-order valence-electron chi connectivity index (χ3n) is 3.31. The highest BCUT2D eigenvalue weighted by molar-refractivity contribution is 5.52. The lowest BCUT2D eigenvalue weighted by molar-refractivity contribution is 1.12. The SMILES string of the molecule is C=Cc1ccc(C)cc1CC.C=Cc1ccccc1C. The van der Waals surface area contributed by atoms with E-state index in [1.54, 1.807) is 0 Å². The van der Waals surface area contributed by atoms with Crippen molar-refractivity contribution in [2.75, 3.05) is 0 Å². The van der Waals surface area contributed by atoms with Crippen molar-refractivity contribution in [1.82, 2.24) is 0 Å². The van der Waals surface area contributed by atoms with Crippen LogP contribution in [0.1, 0.15) is 34.7 Å². The average molecular weight is 264 g/mol. The summed E-state index contributed by atoms with van der Waals surface area (Å²) in [6.45, 7) is 13.8. The molecule has 0 saturated heterocycles. The first kappa shape index (κ1) is 16.0. The lowest BCUT2D eigenvalue weighted by Gasteiger charge is -2.03. The van der Waals surface area contributed by atoms with Crippen LogP contribution in [0.15, 0.2) is 55.6 Å². The van der Waals surface area contributed by atoms with Crippen LogP contribution in [-0.2, 0) is 6.42 Å². The third-order valence-corrected chi connectivity index (χ3v) is 3.31. The fraction of sp³-hybridized carbons (Fsp3) is 0.200. The van der Waals surface area contributed by atoms with Gasteiger partial charge < -0.3 is 0 Å². The molecule has 2 rings (SSSR count). The first-order valence-corrected chi connectivity index (χ1v) is 7.02. The molecule has 0 aliphatic carbocycles. The Kier molecular flexibility index (Phi) is 6.52. The van der Waals surface area contributed by atoms with Gasteiger partial charge in [0.1, 0.15) is 0 Å². The van der Waals surface area contributed by atoms with Crippen LogP contribution in [0.3, 0.4) is 0 Å². The van der Waals surface area contributed by atoms with E-state index >= 15 is 0 Å². The second kappa shape index (κ2) is 8.16. The molecule has 0 fully saturated rings. The highest BCUT2D eigenvalue weighted by Gasteiger charge is 1.95. The number of benzene rings is 2. The van der Waals surface area contributed by atoms with Gasteiger partial charge in [0.2, 0.25) is 0 Å². The van der Waals surface area contributed by atoms with Gasteiger partial charge in [-0.25, -0.2) is 0 Å². The fourth-order valence-corrected chi connectivity index (χ4v) is 2.06. The summed E-state index contributed by atoms with van der Waals surface area (Å²) in [7, 11) is 0. The average Bonchev–Trinajstić information content (AvgIpc) is 2.48. The summed E-state index contributed by atoms with van der Waals surface area (Å²) in [5.41, 5.74) is 6.48. The van der Waals surface area contributed by atoms with Crippen LogP contribution in [-0.4, -0.2) is 0 Å². The van der Waals surface area contributed by atoms with E-state index in [4.69, 9.17) is 0 Å². The number of aryl methyl sites for hydroxylation is 3. The normalized spacial score (nSPS) is 9.35. The molecule has 0 aliphatic rings. The van der Waals surface area contributed by atoms with E-state index in [-0.39, 0.29) is 0 Å². The van der Waals surface area contributed by atoms with Crippen molar-refractivity contribution >= 4 is 12.2 Å². The van der Waals surface area contributed by atoms with E-state index in [1.807, 2.05) is 24.3 Å². The molecule has 2 aromatic carbocycles.